The van der Waals surface area contributed by atoms with E-state index < -0.39 is 0 Å². The molecular formula is C31H44N6O5. The minimum Gasteiger partial charge on any atom is -0.494 e. The summed E-state index contributed by atoms with van der Waals surface area (Å²) in [6.07, 6.45) is 16.2. The Bertz CT molecular complexity index is 1160. The molecule has 0 aromatic rings. The fourth-order valence-electron chi connectivity index (χ4n) is 4.35. The first-order chi connectivity index (χ1) is 20.3. The molecule has 3 aliphatic rings. The summed E-state index contributed by atoms with van der Waals surface area (Å²) in [5, 5.41) is 23.1. The number of aliphatic hydroxyl groups is 1. The van der Waals surface area contributed by atoms with Crippen molar-refractivity contribution in [3.8, 4) is 6.07 Å². The molecule has 0 saturated carbocycles. The first-order valence-electron chi connectivity index (χ1n) is 14.1. The standard InChI is InChI=1S/C29H40N6O3.C2H4O2/c1-4-22(29(36)34-25-18-37-19-25)6-5-7-24-16-23(17-32-24)28(33-20-31)21(2)8-9-26(10-13-30)38-27-11-14-35(3)15-12-27;3-1-2-4/h4-6,8-9,16,20,25,27,32H,7,10-12,14-15,17-19H2,1-3H3,(H2,31,33)(H,34,36);1,4H,2H2/b6-5-,21-8+,22-4+,26-9+,28-23-;. The van der Waals surface area contributed by atoms with Crippen LogP contribution in [0.2, 0.25) is 0 Å². The topological polar surface area (TPSA) is 162 Å². The second-order valence-electron chi connectivity index (χ2n) is 10.0. The zero-order valence-electron chi connectivity index (χ0n) is 24.8. The van der Waals surface area contributed by atoms with E-state index in [-0.39, 0.29) is 31.1 Å². The number of rotatable bonds is 12. The molecule has 2 fully saturated rings. The lowest BCUT2D eigenvalue weighted by atomic mass is 10.1. The highest BCUT2D eigenvalue weighted by Crippen LogP contribution is 2.24. The lowest BCUT2D eigenvalue weighted by Crippen LogP contribution is -2.48. The van der Waals surface area contributed by atoms with Crippen LogP contribution < -0.4 is 16.4 Å². The summed E-state index contributed by atoms with van der Waals surface area (Å²) in [6.45, 7) is 7.22. The van der Waals surface area contributed by atoms with Crippen LogP contribution in [0.4, 0.5) is 0 Å². The predicted octanol–water partition coefficient (Wildman–Crippen LogP) is 2.15. The number of likely N-dealkylation sites (tertiary alicyclic amines) is 1. The second kappa shape index (κ2) is 19.2. The van der Waals surface area contributed by atoms with Crippen LogP contribution in [0.5, 0.6) is 0 Å². The molecule has 11 nitrogen and oxygen atoms in total. The molecule has 42 heavy (non-hydrogen) atoms. The minimum atomic E-state index is -0.361. The highest BCUT2D eigenvalue weighted by Gasteiger charge is 2.21. The van der Waals surface area contributed by atoms with Gasteiger partial charge in [-0.05, 0) is 57.0 Å². The van der Waals surface area contributed by atoms with Crippen molar-refractivity contribution >= 4 is 18.5 Å². The maximum absolute atomic E-state index is 12.4. The molecule has 228 valence electrons. The SMILES string of the molecule is C/C=C(\C=C/CC1=C\C(=C(N=CN)/C(C)=C/C=C(\CC#N)OC2CCN(C)CC2)CN1)C(=O)NC1COC1.O=CCO. The van der Waals surface area contributed by atoms with E-state index in [0.717, 1.165) is 48.5 Å². The van der Waals surface area contributed by atoms with Gasteiger partial charge in [0.05, 0.1) is 50.4 Å². The van der Waals surface area contributed by atoms with E-state index in [1.165, 1.54) is 6.34 Å². The van der Waals surface area contributed by atoms with Gasteiger partial charge in [-0.25, -0.2) is 4.99 Å². The van der Waals surface area contributed by atoms with Gasteiger partial charge in [0.2, 0.25) is 0 Å². The molecule has 11 heteroatoms. The van der Waals surface area contributed by atoms with Crippen molar-refractivity contribution < 1.29 is 24.2 Å². The minimum absolute atomic E-state index is 0.0880. The van der Waals surface area contributed by atoms with Crippen LogP contribution in [0.15, 0.2) is 75.3 Å². The number of hydrogen-bond acceptors (Lipinski definition) is 9. The number of ether oxygens (including phenoxy) is 2. The molecule has 0 atom stereocenters. The van der Waals surface area contributed by atoms with Crippen LogP contribution in [0.1, 0.15) is 39.5 Å². The average Bonchev–Trinajstić information content (AvgIpc) is 3.44. The molecule has 1 amide bonds. The summed E-state index contributed by atoms with van der Waals surface area (Å²) >= 11 is 0. The van der Waals surface area contributed by atoms with E-state index in [1.54, 1.807) is 6.08 Å². The fraction of sp³-hybridized carbons (Fsp3) is 0.484. The first kappa shape index (κ1) is 34.2. The number of nitriles is 1. The number of aliphatic hydroxyl groups excluding tert-OH is 1. The summed E-state index contributed by atoms with van der Waals surface area (Å²) < 4.78 is 11.3. The number of nitrogens with one attached hydrogen (secondary N) is 2. The third-order valence-corrected chi connectivity index (χ3v) is 6.75. The Labute approximate surface area is 248 Å². The number of nitrogens with zero attached hydrogens (tertiary/aromatic N) is 3. The lowest BCUT2D eigenvalue weighted by molar-refractivity contribution is -0.121. The van der Waals surface area contributed by atoms with Gasteiger partial charge in [0.25, 0.3) is 5.91 Å². The molecule has 3 heterocycles. The van der Waals surface area contributed by atoms with Gasteiger partial charge < -0.3 is 40.6 Å². The Morgan fingerprint density at radius 1 is 1.36 bits per heavy atom. The van der Waals surface area contributed by atoms with Crippen LogP contribution in [0.3, 0.4) is 0 Å². The van der Waals surface area contributed by atoms with Crippen molar-refractivity contribution in [2.75, 3.05) is 46.5 Å². The van der Waals surface area contributed by atoms with Gasteiger partial charge in [0.1, 0.15) is 18.1 Å². The fourth-order valence-corrected chi connectivity index (χ4v) is 4.35. The molecule has 0 aromatic carbocycles. The number of nitrogens with two attached hydrogens (primary N) is 1. The van der Waals surface area contributed by atoms with E-state index in [4.69, 9.17) is 25.1 Å². The van der Waals surface area contributed by atoms with Gasteiger partial charge in [0, 0.05) is 37.3 Å². The molecule has 3 aliphatic heterocycles. The monoisotopic (exact) mass is 580 g/mol. The van der Waals surface area contributed by atoms with Gasteiger partial charge in [0.15, 0.2) is 0 Å². The summed E-state index contributed by atoms with van der Waals surface area (Å²) in [7, 11) is 2.11. The summed E-state index contributed by atoms with van der Waals surface area (Å²) in [5.74, 6) is 0.581. The maximum Gasteiger partial charge on any atom is 0.251 e. The quantitative estimate of drug-likeness (QED) is 0.0677. The molecule has 0 bridgehead atoms. The number of carbonyl (C=O) groups is 2. The highest BCUT2D eigenvalue weighted by atomic mass is 16.5. The third-order valence-electron chi connectivity index (χ3n) is 6.75. The van der Waals surface area contributed by atoms with E-state index in [2.05, 4.69) is 39.7 Å². The van der Waals surface area contributed by atoms with Crippen molar-refractivity contribution in [2.45, 2.75) is 51.7 Å². The smallest absolute Gasteiger partial charge is 0.251 e. The molecular weight excluding hydrogens is 536 g/mol. The Kier molecular flexibility index (Phi) is 15.6. The van der Waals surface area contributed by atoms with Crippen molar-refractivity contribution in [1.29, 1.82) is 5.26 Å². The van der Waals surface area contributed by atoms with Gasteiger partial charge >= 0.3 is 0 Å². The van der Waals surface area contributed by atoms with Crippen LogP contribution in [0, 0.1) is 11.3 Å². The predicted molar refractivity (Wildman–Crippen MR) is 163 cm³/mol. The molecule has 0 aromatic heterocycles. The zero-order valence-corrected chi connectivity index (χ0v) is 24.8. The number of piperidine rings is 1. The Morgan fingerprint density at radius 3 is 2.64 bits per heavy atom. The lowest BCUT2D eigenvalue weighted by Gasteiger charge is -2.29. The molecule has 2 saturated heterocycles. The molecule has 0 unspecified atom stereocenters. The van der Waals surface area contributed by atoms with Crippen molar-refractivity contribution in [1.82, 2.24) is 15.5 Å². The van der Waals surface area contributed by atoms with E-state index in [9.17, 15) is 10.1 Å². The van der Waals surface area contributed by atoms with Crippen LogP contribution in [0.25, 0.3) is 0 Å². The van der Waals surface area contributed by atoms with Crippen LogP contribution >= 0.6 is 0 Å². The number of hydrogen-bond donors (Lipinski definition) is 4. The van der Waals surface area contributed by atoms with E-state index in [0.29, 0.717) is 43.8 Å². The number of amides is 1. The Morgan fingerprint density at radius 2 is 2.07 bits per heavy atom. The van der Waals surface area contributed by atoms with Gasteiger partial charge in [-0.15, -0.1) is 0 Å². The first-order valence-corrected chi connectivity index (χ1v) is 14.1. The maximum atomic E-state index is 12.4. The molecule has 0 aliphatic carbocycles. The number of allylic oxidation sites excluding steroid dienone is 6. The van der Waals surface area contributed by atoms with Crippen molar-refractivity contribution in [3.05, 3.63) is 70.3 Å². The largest absolute Gasteiger partial charge is 0.494 e. The average molecular weight is 581 g/mol. The Hall–Kier alpha value is -3.98. The third kappa shape index (κ3) is 11.9. The Balaban J connectivity index is 0.00000144. The summed E-state index contributed by atoms with van der Waals surface area (Å²) in [4.78, 5) is 28.0. The van der Waals surface area contributed by atoms with Crippen LogP contribution in [-0.4, -0.2) is 87.2 Å². The molecule has 3 rings (SSSR count). The number of aliphatic imine (C=N–C) groups is 1. The molecule has 0 spiro atoms. The number of carbonyl (C=O) groups excluding carboxylic acids is 2. The van der Waals surface area contributed by atoms with E-state index in [1.807, 2.05) is 38.2 Å². The summed E-state index contributed by atoms with van der Waals surface area (Å²) in [6, 6.07) is 2.30. The summed E-state index contributed by atoms with van der Waals surface area (Å²) in [5.41, 5.74) is 10.0. The second-order valence-corrected chi connectivity index (χ2v) is 10.0. The van der Waals surface area contributed by atoms with Crippen molar-refractivity contribution in [3.63, 3.8) is 0 Å². The van der Waals surface area contributed by atoms with Crippen molar-refractivity contribution in [2.24, 2.45) is 10.7 Å². The molecule has 5 N–H and O–H groups in total. The normalized spacial score (nSPS) is 20.3. The molecule has 0 radical (unpaired) electrons. The van der Waals surface area contributed by atoms with Crippen LogP contribution in [-0.2, 0) is 19.1 Å². The van der Waals surface area contributed by atoms with Gasteiger partial charge in [-0.3, -0.25) is 4.79 Å². The van der Waals surface area contributed by atoms with E-state index >= 15 is 0 Å². The number of aldehydes is 1. The zero-order chi connectivity index (χ0) is 30.7. The highest BCUT2D eigenvalue weighted by molar-refractivity contribution is 5.96. The van der Waals surface area contributed by atoms with Gasteiger partial charge in [-0.2, -0.15) is 5.26 Å². The van der Waals surface area contributed by atoms with Gasteiger partial charge in [-0.1, -0.05) is 24.3 Å².